The highest BCUT2D eigenvalue weighted by Gasteiger charge is 2.26. The molecule has 0 aromatic heterocycles. The largest absolute Gasteiger partial charge is 0.319 e. The fraction of sp³-hybridized carbons (Fsp3) is 0.400. The molecule has 0 heterocycles. The van der Waals surface area contributed by atoms with Crippen LogP contribution < -0.4 is 5.32 Å². The second kappa shape index (κ2) is 7.99. The molecule has 1 aromatic rings. The second-order valence-electron chi connectivity index (χ2n) is 5.70. The minimum atomic E-state index is 0.418. The van der Waals surface area contributed by atoms with Crippen molar-refractivity contribution in [2.45, 2.75) is 26.2 Å². The van der Waals surface area contributed by atoms with Gasteiger partial charge in [-0.15, -0.1) is 6.58 Å². The minimum Gasteiger partial charge on any atom is -0.319 e. The van der Waals surface area contributed by atoms with Gasteiger partial charge in [0.1, 0.15) is 0 Å². The summed E-state index contributed by atoms with van der Waals surface area (Å²) in [4.78, 5) is 0. The molecule has 2 rings (SSSR count). The lowest BCUT2D eigenvalue weighted by Gasteiger charge is -2.22. The summed E-state index contributed by atoms with van der Waals surface area (Å²) < 4.78 is 0. The second-order valence-corrected chi connectivity index (χ2v) is 5.70. The van der Waals surface area contributed by atoms with Crippen LogP contribution in [0.25, 0.3) is 5.57 Å². The molecule has 1 nitrogen and oxygen atoms in total. The van der Waals surface area contributed by atoms with E-state index in [9.17, 15) is 0 Å². The number of rotatable bonds is 5. The monoisotopic (exact) mass is 281 g/mol. The Morgan fingerprint density at radius 3 is 2.86 bits per heavy atom. The molecule has 2 atom stereocenters. The lowest BCUT2D eigenvalue weighted by atomic mass is 9.82. The Bertz CT molecular complexity index is 524. The molecule has 1 heteroatoms. The van der Waals surface area contributed by atoms with Gasteiger partial charge in [-0.2, -0.15) is 0 Å². The fourth-order valence-corrected chi connectivity index (χ4v) is 3.31. The Hall–Kier alpha value is -1.60. The minimum absolute atomic E-state index is 0.418. The van der Waals surface area contributed by atoms with Crippen LogP contribution in [0.4, 0.5) is 0 Å². The first kappa shape index (κ1) is 15.8. The normalized spacial score (nSPS) is 24.0. The number of allylic oxidation sites excluding steroid dienone is 4. The van der Waals surface area contributed by atoms with Crippen molar-refractivity contribution < 1.29 is 0 Å². The maximum absolute atomic E-state index is 4.12. The molecular formula is C20H27N. The van der Waals surface area contributed by atoms with Gasteiger partial charge in [0.05, 0.1) is 0 Å². The smallest absolute Gasteiger partial charge is 0.00811 e. The summed E-state index contributed by atoms with van der Waals surface area (Å²) in [5.74, 6) is 0.974. The van der Waals surface area contributed by atoms with Crippen molar-refractivity contribution in [1.29, 1.82) is 0 Å². The molecule has 0 aliphatic heterocycles. The molecule has 1 aliphatic carbocycles. The van der Waals surface area contributed by atoms with E-state index < -0.39 is 0 Å². The Morgan fingerprint density at radius 1 is 1.33 bits per heavy atom. The van der Waals surface area contributed by atoms with Crippen molar-refractivity contribution in [1.82, 2.24) is 5.32 Å². The van der Waals surface area contributed by atoms with E-state index in [1.807, 2.05) is 7.05 Å². The van der Waals surface area contributed by atoms with Crippen molar-refractivity contribution in [2.24, 2.45) is 11.8 Å². The lowest BCUT2D eigenvalue weighted by molar-refractivity contribution is 0.533. The van der Waals surface area contributed by atoms with Crippen molar-refractivity contribution >= 4 is 5.57 Å². The molecule has 1 aliphatic rings. The van der Waals surface area contributed by atoms with E-state index in [0.29, 0.717) is 11.8 Å². The quantitative estimate of drug-likeness (QED) is 0.472. The zero-order chi connectivity index (χ0) is 15.1. The predicted octanol–water partition coefficient (Wildman–Crippen LogP) is 4.62. The Labute approximate surface area is 129 Å². The number of fused-ring (bicyclic) bond motifs is 1. The first-order chi connectivity index (χ1) is 10.3. The summed E-state index contributed by atoms with van der Waals surface area (Å²) in [6, 6.07) is 8.86. The highest BCUT2D eigenvalue weighted by Crippen LogP contribution is 2.39. The summed E-state index contributed by atoms with van der Waals surface area (Å²) in [5.41, 5.74) is 4.36. The van der Waals surface area contributed by atoms with Crippen LogP contribution in [-0.2, 0) is 6.42 Å². The van der Waals surface area contributed by atoms with Crippen LogP contribution in [0.3, 0.4) is 0 Å². The molecule has 0 saturated carbocycles. The number of nitrogens with one attached hydrogen (secondary N) is 1. The van der Waals surface area contributed by atoms with E-state index >= 15 is 0 Å². The average molecular weight is 281 g/mol. The van der Waals surface area contributed by atoms with Gasteiger partial charge < -0.3 is 5.32 Å². The standard InChI is InChI=1S/C20H27N/c1-4-9-16-13-14-17-10-6-7-11-19(17)20(18(16)5-2)12-8-15-21-3/h4-7,9-12,16,18,21H,2,8,13-15H2,1,3H3/b9-4-,20-12-. The summed E-state index contributed by atoms with van der Waals surface area (Å²) in [7, 11) is 2.01. The maximum atomic E-state index is 4.12. The zero-order valence-electron chi connectivity index (χ0n) is 13.3. The highest BCUT2D eigenvalue weighted by atomic mass is 14.8. The van der Waals surface area contributed by atoms with Crippen LogP contribution in [-0.4, -0.2) is 13.6 Å². The molecule has 112 valence electrons. The summed E-state index contributed by atoms with van der Waals surface area (Å²) in [6.07, 6.45) is 12.5. The van der Waals surface area contributed by atoms with Crippen molar-refractivity contribution in [3.8, 4) is 0 Å². The van der Waals surface area contributed by atoms with E-state index in [1.165, 1.54) is 23.1 Å². The van der Waals surface area contributed by atoms with E-state index in [-0.39, 0.29) is 0 Å². The first-order valence-electron chi connectivity index (χ1n) is 8.00. The molecule has 0 saturated heterocycles. The average Bonchev–Trinajstić information content (AvgIpc) is 2.66. The molecular weight excluding hydrogens is 254 g/mol. The SMILES string of the molecule is C=CC1/C(=C/CCNC)c2ccccc2CCC1/C=C\C. The summed E-state index contributed by atoms with van der Waals surface area (Å²) in [6.45, 7) is 7.25. The van der Waals surface area contributed by atoms with Crippen LogP contribution in [0.5, 0.6) is 0 Å². The van der Waals surface area contributed by atoms with Gasteiger partial charge in [-0.05, 0) is 62.4 Å². The van der Waals surface area contributed by atoms with E-state index in [4.69, 9.17) is 0 Å². The molecule has 0 fully saturated rings. The molecule has 0 spiro atoms. The fourth-order valence-electron chi connectivity index (χ4n) is 3.31. The third-order valence-corrected chi connectivity index (χ3v) is 4.35. The number of benzene rings is 1. The first-order valence-corrected chi connectivity index (χ1v) is 8.00. The van der Waals surface area contributed by atoms with Gasteiger partial charge in [-0.25, -0.2) is 0 Å². The summed E-state index contributed by atoms with van der Waals surface area (Å²) in [5, 5.41) is 3.23. The van der Waals surface area contributed by atoms with Gasteiger partial charge in [-0.3, -0.25) is 0 Å². The van der Waals surface area contributed by atoms with Crippen LogP contribution in [0, 0.1) is 11.8 Å². The van der Waals surface area contributed by atoms with Gasteiger partial charge in [0, 0.05) is 5.92 Å². The van der Waals surface area contributed by atoms with Gasteiger partial charge in [0.2, 0.25) is 0 Å². The predicted molar refractivity (Wildman–Crippen MR) is 93.3 cm³/mol. The van der Waals surface area contributed by atoms with E-state index in [0.717, 1.165) is 19.4 Å². The molecule has 2 unspecified atom stereocenters. The molecule has 0 bridgehead atoms. The van der Waals surface area contributed by atoms with Crippen LogP contribution in [0.1, 0.15) is 30.9 Å². The van der Waals surface area contributed by atoms with Crippen LogP contribution >= 0.6 is 0 Å². The third kappa shape index (κ3) is 3.74. The van der Waals surface area contributed by atoms with Crippen LogP contribution in [0.15, 0.2) is 55.1 Å². The Balaban J connectivity index is 2.44. The molecule has 0 amide bonds. The molecule has 21 heavy (non-hydrogen) atoms. The maximum Gasteiger partial charge on any atom is 0.00811 e. The van der Waals surface area contributed by atoms with E-state index in [2.05, 4.69) is 67.4 Å². The molecule has 1 N–H and O–H groups in total. The number of hydrogen-bond donors (Lipinski definition) is 1. The molecule has 0 radical (unpaired) electrons. The highest BCUT2D eigenvalue weighted by molar-refractivity contribution is 5.72. The number of hydrogen-bond acceptors (Lipinski definition) is 1. The number of aryl methyl sites for hydroxylation is 1. The molecule has 1 aromatic carbocycles. The lowest BCUT2D eigenvalue weighted by Crippen LogP contribution is -2.12. The van der Waals surface area contributed by atoms with Gasteiger partial charge in [-0.1, -0.05) is 48.6 Å². The van der Waals surface area contributed by atoms with Gasteiger partial charge >= 0.3 is 0 Å². The van der Waals surface area contributed by atoms with Crippen LogP contribution in [0.2, 0.25) is 0 Å². The third-order valence-electron chi connectivity index (χ3n) is 4.35. The van der Waals surface area contributed by atoms with Crippen molar-refractivity contribution in [3.05, 3.63) is 66.3 Å². The van der Waals surface area contributed by atoms with Crippen molar-refractivity contribution in [2.75, 3.05) is 13.6 Å². The van der Waals surface area contributed by atoms with Gasteiger partial charge in [0.15, 0.2) is 0 Å². The topological polar surface area (TPSA) is 12.0 Å². The summed E-state index contributed by atoms with van der Waals surface area (Å²) >= 11 is 0. The van der Waals surface area contributed by atoms with Crippen molar-refractivity contribution in [3.63, 3.8) is 0 Å². The Kier molecular flexibility index (Phi) is 6.01. The Morgan fingerprint density at radius 2 is 2.14 bits per heavy atom. The zero-order valence-corrected chi connectivity index (χ0v) is 13.3. The van der Waals surface area contributed by atoms with E-state index in [1.54, 1.807) is 0 Å². The van der Waals surface area contributed by atoms with Gasteiger partial charge in [0.25, 0.3) is 0 Å².